The number of carbonyl (C=O) groups excluding carboxylic acids is 1. The first-order valence-corrected chi connectivity index (χ1v) is 5.08. The number of para-hydroxylation sites is 1. The molecular weight excluding hydrogens is 216 g/mol. The van der Waals surface area contributed by atoms with Crippen molar-refractivity contribution in [3.05, 3.63) is 54.4 Å². The minimum atomic E-state index is -0.681. The van der Waals surface area contributed by atoms with Crippen LogP contribution in [0.3, 0.4) is 0 Å². The van der Waals surface area contributed by atoms with Crippen LogP contribution in [0.15, 0.2) is 53.8 Å². The van der Waals surface area contributed by atoms with E-state index in [4.69, 9.17) is 5.73 Å². The van der Waals surface area contributed by atoms with E-state index in [9.17, 15) is 4.79 Å². The van der Waals surface area contributed by atoms with Gasteiger partial charge in [0.15, 0.2) is 0 Å². The van der Waals surface area contributed by atoms with Gasteiger partial charge in [-0.05, 0) is 24.3 Å². The molecule has 5 nitrogen and oxygen atoms in total. The summed E-state index contributed by atoms with van der Waals surface area (Å²) in [5, 5.41) is 3.73. The lowest BCUT2D eigenvalue weighted by Gasteiger charge is -2.05. The van der Waals surface area contributed by atoms with Crippen LogP contribution in [0.2, 0.25) is 0 Å². The van der Waals surface area contributed by atoms with E-state index in [0.717, 1.165) is 11.4 Å². The minimum Gasteiger partial charge on any atom is -0.350 e. The number of nitrogens with two attached hydrogens (primary N) is 1. The first kappa shape index (κ1) is 10.9. The lowest BCUT2D eigenvalue weighted by molar-refractivity contribution is 0.249. The Morgan fingerprint density at radius 1 is 1.24 bits per heavy atom. The monoisotopic (exact) mass is 228 g/mol. The Morgan fingerprint density at radius 2 is 2.00 bits per heavy atom. The number of hydrazone groups is 1. The van der Waals surface area contributed by atoms with E-state index in [-0.39, 0.29) is 0 Å². The molecule has 0 unspecified atom stereocenters. The van der Waals surface area contributed by atoms with Crippen molar-refractivity contribution in [1.82, 2.24) is 9.99 Å². The van der Waals surface area contributed by atoms with Crippen molar-refractivity contribution in [2.75, 3.05) is 0 Å². The molecule has 2 rings (SSSR count). The number of nitrogens with one attached hydrogen (secondary N) is 1. The molecule has 1 aromatic heterocycles. The van der Waals surface area contributed by atoms with Gasteiger partial charge in [0.05, 0.1) is 11.9 Å². The van der Waals surface area contributed by atoms with Crippen LogP contribution in [0.25, 0.3) is 5.69 Å². The maximum absolute atomic E-state index is 10.5. The quantitative estimate of drug-likeness (QED) is 0.606. The Bertz CT molecular complexity index is 530. The Balaban J connectivity index is 2.23. The number of nitrogens with zero attached hydrogens (tertiary/aromatic N) is 2. The molecule has 17 heavy (non-hydrogen) atoms. The van der Waals surface area contributed by atoms with E-state index in [1.807, 2.05) is 53.2 Å². The lowest BCUT2D eigenvalue weighted by atomic mass is 10.3. The summed E-state index contributed by atoms with van der Waals surface area (Å²) in [6.07, 6.45) is 3.46. The zero-order valence-electron chi connectivity index (χ0n) is 9.08. The Hall–Kier alpha value is -2.56. The average Bonchev–Trinajstić information content (AvgIpc) is 2.78. The van der Waals surface area contributed by atoms with Crippen molar-refractivity contribution in [1.29, 1.82) is 0 Å². The molecule has 2 aromatic rings. The second-order valence-electron chi connectivity index (χ2n) is 3.37. The second kappa shape index (κ2) is 4.98. The standard InChI is InChI=1S/C12H12N4O/c13-12(17)15-14-9-11-7-4-8-16(11)10-5-2-1-3-6-10/h1-9H,(H3,13,15,17). The number of aromatic nitrogens is 1. The molecule has 1 aromatic carbocycles. The lowest BCUT2D eigenvalue weighted by Crippen LogP contribution is -2.24. The van der Waals surface area contributed by atoms with Crippen LogP contribution in [0.1, 0.15) is 5.69 Å². The van der Waals surface area contributed by atoms with E-state index in [1.54, 1.807) is 0 Å². The molecule has 5 heteroatoms. The molecule has 0 aliphatic carbocycles. The van der Waals surface area contributed by atoms with Crippen LogP contribution < -0.4 is 11.2 Å². The molecule has 0 radical (unpaired) electrons. The summed E-state index contributed by atoms with van der Waals surface area (Å²) in [5.74, 6) is 0. The molecular formula is C12H12N4O. The van der Waals surface area contributed by atoms with Crippen molar-refractivity contribution in [2.45, 2.75) is 0 Å². The van der Waals surface area contributed by atoms with Gasteiger partial charge < -0.3 is 10.3 Å². The number of rotatable bonds is 3. The number of benzene rings is 1. The number of urea groups is 1. The summed E-state index contributed by atoms with van der Waals surface area (Å²) >= 11 is 0. The van der Waals surface area contributed by atoms with Crippen LogP contribution in [-0.4, -0.2) is 16.8 Å². The molecule has 0 saturated heterocycles. The first-order valence-electron chi connectivity index (χ1n) is 5.08. The summed E-state index contributed by atoms with van der Waals surface area (Å²) in [6.45, 7) is 0. The number of carbonyl (C=O) groups is 1. The van der Waals surface area contributed by atoms with Gasteiger partial charge in [-0.1, -0.05) is 18.2 Å². The van der Waals surface area contributed by atoms with Gasteiger partial charge in [0.2, 0.25) is 0 Å². The van der Waals surface area contributed by atoms with E-state index in [0.29, 0.717) is 0 Å². The van der Waals surface area contributed by atoms with Gasteiger partial charge in [-0.2, -0.15) is 5.10 Å². The van der Waals surface area contributed by atoms with Crippen LogP contribution >= 0.6 is 0 Å². The third kappa shape index (κ3) is 2.72. The highest BCUT2D eigenvalue weighted by atomic mass is 16.2. The van der Waals surface area contributed by atoms with Crippen LogP contribution in [0, 0.1) is 0 Å². The first-order chi connectivity index (χ1) is 8.27. The van der Waals surface area contributed by atoms with E-state index < -0.39 is 6.03 Å². The minimum absolute atomic E-state index is 0.681. The fourth-order valence-electron chi connectivity index (χ4n) is 1.49. The zero-order valence-corrected chi connectivity index (χ0v) is 9.08. The van der Waals surface area contributed by atoms with Gasteiger partial charge in [-0.25, -0.2) is 10.2 Å². The van der Waals surface area contributed by atoms with Crippen molar-refractivity contribution < 1.29 is 4.79 Å². The van der Waals surface area contributed by atoms with Crippen molar-refractivity contribution in [3.8, 4) is 5.69 Å². The largest absolute Gasteiger partial charge is 0.350 e. The van der Waals surface area contributed by atoms with Crippen LogP contribution in [0.5, 0.6) is 0 Å². The maximum atomic E-state index is 10.5. The molecule has 0 spiro atoms. The summed E-state index contributed by atoms with van der Waals surface area (Å²) in [7, 11) is 0. The number of primary amides is 1. The number of amides is 2. The van der Waals surface area contributed by atoms with Gasteiger partial charge in [-0.3, -0.25) is 0 Å². The molecule has 0 saturated carbocycles. The molecule has 0 aliphatic rings. The van der Waals surface area contributed by atoms with Crippen LogP contribution in [0.4, 0.5) is 4.79 Å². The zero-order chi connectivity index (χ0) is 12.1. The third-order valence-corrected chi connectivity index (χ3v) is 2.19. The second-order valence-corrected chi connectivity index (χ2v) is 3.37. The summed E-state index contributed by atoms with van der Waals surface area (Å²) in [5.41, 5.74) is 8.95. The van der Waals surface area contributed by atoms with Gasteiger partial charge in [0, 0.05) is 11.9 Å². The van der Waals surface area contributed by atoms with Crippen molar-refractivity contribution in [3.63, 3.8) is 0 Å². The highest BCUT2D eigenvalue weighted by Crippen LogP contribution is 2.10. The topological polar surface area (TPSA) is 72.4 Å². The molecule has 0 atom stereocenters. The predicted molar refractivity (Wildman–Crippen MR) is 66.1 cm³/mol. The van der Waals surface area contributed by atoms with E-state index in [1.165, 1.54) is 6.21 Å². The van der Waals surface area contributed by atoms with Crippen molar-refractivity contribution >= 4 is 12.2 Å². The fourth-order valence-corrected chi connectivity index (χ4v) is 1.49. The van der Waals surface area contributed by atoms with Gasteiger partial charge in [0.25, 0.3) is 0 Å². The molecule has 0 fully saturated rings. The molecule has 0 bridgehead atoms. The fraction of sp³-hybridized carbons (Fsp3) is 0. The Labute approximate surface area is 98.6 Å². The SMILES string of the molecule is NC(=O)NN=Cc1cccn1-c1ccccc1. The molecule has 86 valence electrons. The van der Waals surface area contributed by atoms with Crippen LogP contribution in [-0.2, 0) is 0 Å². The predicted octanol–water partition coefficient (Wildman–Crippen LogP) is 1.48. The molecule has 3 N–H and O–H groups in total. The van der Waals surface area contributed by atoms with E-state index in [2.05, 4.69) is 10.5 Å². The van der Waals surface area contributed by atoms with Gasteiger partial charge >= 0.3 is 6.03 Å². The summed E-state index contributed by atoms with van der Waals surface area (Å²) in [6, 6.07) is 12.9. The van der Waals surface area contributed by atoms with E-state index >= 15 is 0 Å². The molecule has 1 heterocycles. The maximum Gasteiger partial charge on any atom is 0.332 e. The average molecular weight is 228 g/mol. The van der Waals surface area contributed by atoms with Gasteiger partial charge in [-0.15, -0.1) is 0 Å². The third-order valence-electron chi connectivity index (χ3n) is 2.19. The smallest absolute Gasteiger partial charge is 0.332 e. The number of hydrogen-bond acceptors (Lipinski definition) is 2. The highest BCUT2D eigenvalue weighted by Gasteiger charge is 1.99. The molecule has 2 amide bonds. The molecule has 0 aliphatic heterocycles. The van der Waals surface area contributed by atoms with Gasteiger partial charge in [0.1, 0.15) is 0 Å². The normalized spacial score (nSPS) is 10.6. The summed E-state index contributed by atoms with van der Waals surface area (Å²) in [4.78, 5) is 10.5. The number of hydrogen-bond donors (Lipinski definition) is 2. The highest BCUT2D eigenvalue weighted by molar-refractivity contribution is 5.80. The van der Waals surface area contributed by atoms with Crippen molar-refractivity contribution in [2.24, 2.45) is 10.8 Å². The Morgan fingerprint density at radius 3 is 2.71 bits per heavy atom. The Kier molecular flexibility index (Phi) is 3.20. The summed E-state index contributed by atoms with van der Waals surface area (Å²) < 4.78 is 1.95.